The number of hydrogen-bond donors (Lipinski definition) is 1. The molecule has 2 aromatic rings. The predicted molar refractivity (Wildman–Crippen MR) is 95.7 cm³/mol. The topological polar surface area (TPSA) is 74.0 Å². The minimum atomic E-state index is -0.945. The number of thioether (sulfide) groups is 2. The Balaban J connectivity index is 1.93. The fourth-order valence-electron chi connectivity index (χ4n) is 2.39. The number of carboxylic acids is 1. The molecule has 1 aliphatic heterocycles. The summed E-state index contributed by atoms with van der Waals surface area (Å²) in [4.78, 5) is 16.3. The first-order valence-electron chi connectivity index (χ1n) is 7.35. The second-order valence-electron chi connectivity index (χ2n) is 5.18. The van der Waals surface area contributed by atoms with Crippen LogP contribution in [-0.4, -0.2) is 16.1 Å². The lowest BCUT2D eigenvalue weighted by Crippen LogP contribution is -2.09. The molecule has 24 heavy (non-hydrogen) atoms. The molecule has 1 N–H and O–H groups in total. The van der Waals surface area contributed by atoms with E-state index in [0.29, 0.717) is 16.2 Å². The van der Waals surface area contributed by atoms with Gasteiger partial charge in [-0.05, 0) is 29.5 Å². The zero-order valence-electron chi connectivity index (χ0n) is 12.6. The molecule has 2 heterocycles. The number of carboxylic acid groups (broad SMARTS) is 1. The molecule has 0 spiro atoms. The Kier molecular flexibility index (Phi) is 5.24. The van der Waals surface area contributed by atoms with E-state index < -0.39 is 11.2 Å². The van der Waals surface area contributed by atoms with Crippen LogP contribution in [0, 0.1) is 11.3 Å². The van der Waals surface area contributed by atoms with E-state index in [1.807, 2.05) is 29.7 Å². The van der Waals surface area contributed by atoms with Gasteiger partial charge in [-0.2, -0.15) is 5.26 Å². The van der Waals surface area contributed by atoms with E-state index >= 15 is 0 Å². The molecular formula is C18H14N2O2S2. The van der Waals surface area contributed by atoms with Gasteiger partial charge in [0.25, 0.3) is 0 Å². The van der Waals surface area contributed by atoms with Gasteiger partial charge in [-0.15, -0.1) is 11.8 Å². The van der Waals surface area contributed by atoms with E-state index in [2.05, 4.69) is 17.1 Å². The van der Waals surface area contributed by atoms with Gasteiger partial charge >= 0.3 is 5.97 Å². The van der Waals surface area contributed by atoms with Crippen LogP contribution in [0.4, 0.5) is 0 Å². The van der Waals surface area contributed by atoms with Crippen LogP contribution < -0.4 is 0 Å². The third-order valence-electron chi connectivity index (χ3n) is 3.58. The number of nitrogens with zero attached hydrogens (tertiary/aromatic N) is 2. The molecule has 1 aromatic heterocycles. The van der Waals surface area contributed by atoms with Gasteiger partial charge in [-0.25, -0.2) is 4.98 Å². The summed E-state index contributed by atoms with van der Waals surface area (Å²) in [5, 5.41) is 20.9. The summed E-state index contributed by atoms with van der Waals surface area (Å²) in [5.41, 5.74) is 1.97. The van der Waals surface area contributed by atoms with Crippen LogP contribution >= 0.6 is 23.5 Å². The SMILES string of the molecule is N#Cc1ccc([C@@H]2CC=CS2)nc1S[C@@H](C(=O)O)c1ccccc1. The van der Waals surface area contributed by atoms with Gasteiger partial charge in [0.05, 0.1) is 16.5 Å². The number of benzene rings is 1. The summed E-state index contributed by atoms with van der Waals surface area (Å²) in [7, 11) is 0. The lowest BCUT2D eigenvalue weighted by molar-refractivity contribution is -0.136. The summed E-state index contributed by atoms with van der Waals surface area (Å²) in [6, 6.07) is 14.7. The number of nitriles is 1. The second-order valence-corrected chi connectivity index (χ2v) is 7.39. The van der Waals surface area contributed by atoms with E-state index in [4.69, 9.17) is 0 Å². The maximum Gasteiger partial charge on any atom is 0.321 e. The highest BCUT2D eigenvalue weighted by Gasteiger charge is 2.24. The first kappa shape index (κ1) is 16.6. The summed E-state index contributed by atoms with van der Waals surface area (Å²) in [5.74, 6) is -0.945. The Hall–Kier alpha value is -2.23. The van der Waals surface area contributed by atoms with Crippen LogP contribution in [0.1, 0.15) is 33.7 Å². The standard InChI is InChI=1S/C18H14N2O2S2/c19-11-13-8-9-14(15-7-4-10-23-15)20-17(13)24-16(18(21)22)12-5-2-1-3-6-12/h1-6,8-10,15-16H,7H2,(H,21,22)/t15-,16+/m0/s1. The highest BCUT2D eigenvalue weighted by molar-refractivity contribution is 8.02. The Labute approximate surface area is 148 Å². The smallest absolute Gasteiger partial charge is 0.321 e. The van der Waals surface area contributed by atoms with Crippen LogP contribution in [-0.2, 0) is 4.79 Å². The van der Waals surface area contributed by atoms with Crippen LogP contribution in [0.3, 0.4) is 0 Å². The maximum atomic E-state index is 11.7. The first-order chi connectivity index (χ1) is 11.7. The highest BCUT2D eigenvalue weighted by atomic mass is 32.2. The van der Waals surface area contributed by atoms with Gasteiger partial charge in [-0.3, -0.25) is 4.79 Å². The Morgan fingerprint density at radius 3 is 2.75 bits per heavy atom. The van der Waals surface area contributed by atoms with Crippen LogP contribution in [0.25, 0.3) is 0 Å². The van der Waals surface area contributed by atoms with E-state index in [9.17, 15) is 15.2 Å². The van der Waals surface area contributed by atoms with E-state index in [0.717, 1.165) is 23.9 Å². The third-order valence-corrected chi connectivity index (χ3v) is 5.93. The quantitative estimate of drug-likeness (QED) is 0.793. The molecule has 0 amide bonds. The van der Waals surface area contributed by atoms with Crippen molar-refractivity contribution >= 4 is 29.5 Å². The van der Waals surface area contributed by atoms with Crippen molar-refractivity contribution in [2.75, 3.05) is 0 Å². The molecule has 4 nitrogen and oxygen atoms in total. The zero-order chi connectivity index (χ0) is 16.9. The van der Waals surface area contributed by atoms with Crippen molar-refractivity contribution in [3.05, 3.63) is 70.8 Å². The molecule has 0 bridgehead atoms. The van der Waals surface area contributed by atoms with Gasteiger partial charge in [0, 0.05) is 0 Å². The molecular weight excluding hydrogens is 340 g/mol. The number of rotatable bonds is 5. The average molecular weight is 354 g/mol. The van der Waals surface area contributed by atoms with Crippen LogP contribution in [0.2, 0.25) is 0 Å². The summed E-state index contributed by atoms with van der Waals surface area (Å²) in [6.07, 6.45) is 2.99. The number of aromatic nitrogens is 1. The number of hydrogen-bond acceptors (Lipinski definition) is 5. The van der Waals surface area contributed by atoms with Crippen molar-refractivity contribution in [1.82, 2.24) is 4.98 Å². The predicted octanol–water partition coefficient (Wildman–Crippen LogP) is 4.56. The average Bonchev–Trinajstić information content (AvgIpc) is 3.14. The van der Waals surface area contributed by atoms with Crippen molar-refractivity contribution in [1.29, 1.82) is 5.26 Å². The highest BCUT2D eigenvalue weighted by Crippen LogP contribution is 2.40. The van der Waals surface area contributed by atoms with Crippen molar-refractivity contribution in [2.24, 2.45) is 0 Å². The molecule has 0 saturated carbocycles. The van der Waals surface area contributed by atoms with Crippen molar-refractivity contribution in [3.8, 4) is 6.07 Å². The maximum absolute atomic E-state index is 11.7. The van der Waals surface area contributed by atoms with E-state index in [1.165, 1.54) is 0 Å². The van der Waals surface area contributed by atoms with Gasteiger partial charge in [0.2, 0.25) is 0 Å². The van der Waals surface area contributed by atoms with Crippen LogP contribution in [0.15, 0.2) is 59.0 Å². The fourth-order valence-corrected chi connectivity index (χ4v) is 4.31. The molecule has 0 radical (unpaired) electrons. The van der Waals surface area contributed by atoms with Gasteiger partial charge in [0.15, 0.2) is 0 Å². The van der Waals surface area contributed by atoms with Crippen LogP contribution in [0.5, 0.6) is 0 Å². The Morgan fingerprint density at radius 2 is 2.12 bits per heavy atom. The minimum Gasteiger partial charge on any atom is -0.480 e. The molecule has 0 aliphatic carbocycles. The number of pyridine rings is 1. The number of allylic oxidation sites excluding steroid dienone is 1. The fraction of sp³-hybridized carbons (Fsp3) is 0.167. The van der Waals surface area contributed by atoms with Crippen molar-refractivity contribution in [2.45, 2.75) is 21.9 Å². The summed E-state index contributed by atoms with van der Waals surface area (Å²) < 4.78 is 0. The molecule has 1 aromatic carbocycles. The van der Waals surface area contributed by atoms with E-state index in [-0.39, 0.29) is 5.25 Å². The van der Waals surface area contributed by atoms with Gasteiger partial charge in [0.1, 0.15) is 16.3 Å². The van der Waals surface area contributed by atoms with Gasteiger partial charge < -0.3 is 5.11 Å². The van der Waals surface area contributed by atoms with Crippen molar-refractivity contribution < 1.29 is 9.90 Å². The Morgan fingerprint density at radius 1 is 1.33 bits per heavy atom. The third kappa shape index (κ3) is 3.64. The lowest BCUT2D eigenvalue weighted by atomic mass is 10.1. The number of carbonyl (C=O) groups is 1. The molecule has 0 fully saturated rings. The largest absolute Gasteiger partial charge is 0.480 e. The molecule has 6 heteroatoms. The van der Waals surface area contributed by atoms with E-state index in [1.54, 1.807) is 30.0 Å². The molecule has 3 rings (SSSR count). The monoisotopic (exact) mass is 354 g/mol. The molecule has 1 aliphatic rings. The molecule has 0 unspecified atom stereocenters. The lowest BCUT2D eigenvalue weighted by Gasteiger charge is -2.15. The summed E-state index contributed by atoms with van der Waals surface area (Å²) >= 11 is 2.80. The van der Waals surface area contributed by atoms with Gasteiger partial charge in [-0.1, -0.05) is 48.2 Å². The first-order valence-corrected chi connectivity index (χ1v) is 9.17. The summed E-state index contributed by atoms with van der Waals surface area (Å²) in [6.45, 7) is 0. The zero-order valence-corrected chi connectivity index (χ0v) is 14.3. The normalized spacial score (nSPS) is 17.4. The molecule has 120 valence electrons. The molecule has 0 saturated heterocycles. The second kappa shape index (κ2) is 7.56. The Bertz CT molecular complexity index is 808. The number of aliphatic carboxylic acids is 1. The van der Waals surface area contributed by atoms with Crippen molar-refractivity contribution in [3.63, 3.8) is 0 Å². The molecule has 2 atom stereocenters. The minimum absolute atomic E-state index is 0.233.